The molecular weight excluding hydrogens is 701 g/mol. The molecule has 6 fully saturated rings. The minimum Gasteiger partial charge on any atom is -0.310 e. The molecule has 0 radical (unpaired) electrons. The Labute approximate surface area is 343 Å². The van der Waals surface area contributed by atoms with Gasteiger partial charge in [0, 0.05) is 38.9 Å². The normalized spacial score (nSPS) is 28.4. The van der Waals surface area contributed by atoms with Gasteiger partial charge >= 0.3 is 0 Å². The molecule has 1 heterocycles. The second-order valence-electron chi connectivity index (χ2n) is 20.4. The van der Waals surface area contributed by atoms with Gasteiger partial charge in [0.05, 0.1) is 11.0 Å². The number of para-hydroxylation sites is 2. The van der Waals surface area contributed by atoms with Crippen LogP contribution in [0.25, 0.3) is 38.6 Å². The first-order chi connectivity index (χ1) is 28.4. The fourth-order valence-electron chi connectivity index (χ4n) is 14.7. The van der Waals surface area contributed by atoms with Gasteiger partial charge in [-0.2, -0.15) is 0 Å². The lowest BCUT2D eigenvalue weighted by Gasteiger charge is -2.57. The molecule has 7 aliphatic rings. The van der Waals surface area contributed by atoms with Crippen LogP contribution in [0.5, 0.6) is 0 Å². The summed E-state index contributed by atoms with van der Waals surface area (Å²) in [6.07, 6.45) is 14.4. The van der Waals surface area contributed by atoms with E-state index in [-0.39, 0.29) is 5.41 Å². The standard InChI is InChI=1S/C56H54N2/c1-55(2)50-31-45(22-23-46(50)47-24-25-52-53(54(47)55)48-10-6-7-11-51(48)58(52)42-8-4-3-5-9-42)57(43-18-14-39(15-19-43)49-30-35-12-13-40(49)29-35)44-20-16-41(17-21-44)56-32-36-26-37(33-56)28-38(27-36)34-56/h3-11,14-25,31,35-38,40,49H,12-13,26-30,32-34H2,1-2H3. The van der Waals surface area contributed by atoms with E-state index >= 15 is 0 Å². The van der Waals surface area contributed by atoms with Crippen LogP contribution in [0.2, 0.25) is 0 Å². The number of hydrogen-bond donors (Lipinski definition) is 0. The highest BCUT2D eigenvalue weighted by atomic mass is 15.1. The maximum atomic E-state index is 2.56. The summed E-state index contributed by atoms with van der Waals surface area (Å²) in [5, 5.41) is 2.71. The average molecular weight is 755 g/mol. The lowest BCUT2D eigenvalue weighted by molar-refractivity contribution is -0.00518. The Kier molecular flexibility index (Phi) is 7.14. The van der Waals surface area contributed by atoms with E-state index in [2.05, 4.69) is 157 Å². The highest BCUT2D eigenvalue weighted by Crippen LogP contribution is 2.61. The van der Waals surface area contributed by atoms with Crippen LogP contribution in [-0.4, -0.2) is 4.57 Å². The molecule has 3 atom stereocenters. The van der Waals surface area contributed by atoms with Crippen molar-refractivity contribution in [3.63, 3.8) is 0 Å². The van der Waals surface area contributed by atoms with Crippen LogP contribution in [0, 0.1) is 29.6 Å². The van der Waals surface area contributed by atoms with Crippen molar-refractivity contribution >= 4 is 38.9 Å². The average Bonchev–Trinajstić information content (AvgIpc) is 4.02. The Hall–Kier alpha value is -5.08. The molecule has 0 spiro atoms. The number of hydrogen-bond acceptors (Lipinski definition) is 1. The maximum Gasteiger partial charge on any atom is 0.0544 e. The summed E-state index contributed by atoms with van der Waals surface area (Å²) >= 11 is 0. The third kappa shape index (κ3) is 4.84. The molecule has 1 aromatic heterocycles. The molecule has 7 aromatic rings. The predicted octanol–water partition coefficient (Wildman–Crippen LogP) is 14.9. The topological polar surface area (TPSA) is 8.17 Å². The van der Waals surface area contributed by atoms with Crippen LogP contribution < -0.4 is 4.90 Å². The molecule has 6 aromatic carbocycles. The van der Waals surface area contributed by atoms with Gasteiger partial charge < -0.3 is 9.47 Å². The quantitative estimate of drug-likeness (QED) is 0.164. The van der Waals surface area contributed by atoms with Gasteiger partial charge in [-0.15, -0.1) is 0 Å². The van der Waals surface area contributed by atoms with Crippen LogP contribution in [-0.2, 0) is 10.8 Å². The zero-order valence-corrected chi connectivity index (χ0v) is 34.1. The van der Waals surface area contributed by atoms with Crippen molar-refractivity contribution in [2.24, 2.45) is 29.6 Å². The lowest BCUT2D eigenvalue weighted by atomic mass is 9.48. The molecule has 58 heavy (non-hydrogen) atoms. The summed E-state index contributed by atoms with van der Waals surface area (Å²) in [6.45, 7) is 4.93. The molecule has 2 nitrogen and oxygen atoms in total. The van der Waals surface area contributed by atoms with Gasteiger partial charge in [0.1, 0.15) is 0 Å². The van der Waals surface area contributed by atoms with Crippen molar-refractivity contribution in [2.45, 2.75) is 94.8 Å². The van der Waals surface area contributed by atoms with E-state index in [4.69, 9.17) is 0 Å². The monoisotopic (exact) mass is 754 g/mol. The van der Waals surface area contributed by atoms with E-state index < -0.39 is 0 Å². The van der Waals surface area contributed by atoms with Gasteiger partial charge in [-0.3, -0.25) is 0 Å². The number of rotatable bonds is 6. The van der Waals surface area contributed by atoms with Gasteiger partial charge in [0.25, 0.3) is 0 Å². The SMILES string of the molecule is CC1(C)c2cc(N(c3ccc(C4CC5CCC4C5)cc3)c3ccc(C45CC6CC(CC(C6)C4)C5)cc3)ccc2-c2ccc3c(c21)c1ccccc1n3-c1ccccc1. The Morgan fingerprint density at radius 3 is 1.90 bits per heavy atom. The summed E-state index contributed by atoms with van der Waals surface area (Å²) in [6, 6.07) is 51.9. The molecule has 0 N–H and O–H groups in total. The van der Waals surface area contributed by atoms with E-state index in [0.717, 1.165) is 35.5 Å². The van der Waals surface area contributed by atoms with Crippen LogP contribution in [0.1, 0.15) is 106 Å². The number of fused-ring (bicyclic) bond motifs is 9. The molecule has 288 valence electrons. The van der Waals surface area contributed by atoms with Gasteiger partial charge in [-0.1, -0.05) is 93.1 Å². The van der Waals surface area contributed by atoms with E-state index in [9.17, 15) is 0 Å². The van der Waals surface area contributed by atoms with Gasteiger partial charge in [0.15, 0.2) is 0 Å². The van der Waals surface area contributed by atoms with Gasteiger partial charge in [-0.05, 0) is 193 Å². The van der Waals surface area contributed by atoms with Crippen molar-refractivity contribution in [2.75, 3.05) is 4.90 Å². The Balaban J connectivity index is 0.931. The fourth-order valence-corrected chi connectivity index (χ4v) is 14.7. The van der Waals surface area contributed by atoms with Crippen molar-refractivity contribution in [3.05, 3.63) is 156 Å². The molecule has 0 aliphatic heterocycles. The number of nitrogens with zero attached hydrogens (tertiary/aromatic N) is 2. The first-order valence-corrected chi connectivity index (χ1v) is 22.7. The van der Waals surface area contributed by atoms with E-state index in [0.29, 0.717) is 5.41 Å². The molecule has 0 amide bonds. The van der Waals surface area contributed by atoms with Crippen molar-refractivity contribution in [3.8, 4) is 16.8 Å². The third-order valence-corrected chi connectivity index (χ3v) is 16.8. The van der Waals surface area contributed by atoms with Crippen molar-refractivity contribution in [1.82, 2.24) is 4.57 Å². The smallest absolute Gasteiger partial charge is 0.0544 e. The van der Waals surface area contributed by atoms with E-state index in [1.54, 1.807) is 11.1 Å². The highest BCUT2D eigenvalue weighted by molar-refractivity contribution is 6.14. The summed E-state index contributed by atoms with van der Waals surface area (Å²) < 4.78 is 2.46. The summed E-state index contributed by atoms with van der Waals surface area (Å²) in [4.78, 5) is 2.56. The second-order valence-corrected chi connectivity index (χ2v) is 20.4. The molecule has 3 unspecified atom stereocenters. The number of aromatic nitrogens is 1. The first kappa shape index (κ1) is 33.8. The van der Waals surface area contributed by atoms with Gasteiger partial charge in [0.2, 0.25) is 0 Å². The summed E-state index contributed by atoms with van der Waals surface area (Å²) in [5.41, 5.74) is 16.5. The Morgan fingerprint density at radius 1 is 0.552 bits per heavy atom. The Morgan fingerprint density at radius 2 is 1.21 bits per heavy atom. The van der Waals surface area contributed by atoms with Crippen LogP contribution in [0.4, 0.5) is 17.1 Å². The van der Waals surface area contributed by atoms with E-state index in [1.807, 2.05) is 0 Å². The summed E-state index contributed by atoms with van der Waals surface area (Å²) in [7, 11) is 0. The van der Waals surface area contributed by atoms with Crippen LogP contribution >= 0.6 is 0 Å². The molecule has 0 saturated heterocycles. The predicted molar refractivity (Wildman–Crippen MR) is 241 cm³/mol. The first-order valence-electron chi connectivity index (χ1n) is 22.7. The molecule has 14 rings (SSSR count). The largest absolute Gasteiger partial charge is 0.310 e. The summed E-state index contributed by atoms with van der Waals surface area (Å²) in [5.74, 6) is 5.43. The van der Waals surface area contributed by atoms with Gasteiger partial charge in [-0.25, -0.2) is 0 Å². The molecule has 7 aliphatic carbocycles. The lowest BCUT2D eigenvalue weighted by Crippen LogP contribution is -2.48. The Bertz CT molecular complexity index is 2710. The number of anilines is 3. The third-order valence-electron chi connectivity index (χ3n) is 16.8. The highest BCUT2D eigenvalue weighted by Gasteiger charge is 2.51. The van der Waals surface area contributed by atoms with E-state index in [1.165, 1.54) is 131 Å². The number of benzene rings is 6. The zero-order chi connectivity index (χ0) is 38.3. The van der Waals surface area contributed by atoms with Crippen LogP contribution in [0.15, 0.2) is 133 Å². The minimum atomic E-state index is -0.189. The van der Waals surface area contributed by atoms with Crippen molar-refractivity contribution in [1.29, 1.82) is 0 Å². The molecule has 6 saturated carbocycles. The van der Waals surface area contributed by atoms with Crippen LogP contribution in [0.3, 0.4) is 0 Å². The second kappa shape index (κ2) is 12.2. The fraction of sp³-hybridized carbons (Fsp3) is 0.357. The molecule has 2 heteroatoms. The zero-order valence-electron chi connectivity index (χ0n) is 34.1. The maximum absolute atomic E-state index is 2.56. The molecular formula is C56H54N2. The van der Waals surface area contributed by atoms with Crippen molar-refractivity contribution < 1.29 is 0 Å². The molecule has 6 bridgehead atoms. The minimum absolute atomic E-state index is 0.189.